The third kappa shape index (κ3) is 5.12. The molecule has 0 saturated heterocycles. The van der Waals surface area contributed by atoms with Crippen molar-refractivity contribution in [3.05, 3.63) is 70.8 Å². The summed E-state index contributed by atoms with van der Waals surface area (Å²) in [7, 11) is 0. The third-order valence-corrected chi connectivity index (χ3v) is 7.24. The molecule has 2 aliphatic carbocycles. The molecule has 180 valence electrons. The maximum atomic E-state index is 13.3. The Morgan fingerprint density at radius 3 is 1.97 bits per heavy atom. The second-order valence-electron chi connectivity index (χ2n) is 9.78. The first-order chi connectivity index (χ1) is 16.1. The Balaban J connectivity index is 1.40. The minimum atomic E-state index is -4.80. The average Bonchev–Trinajstić information content (AvgIpc) is 3.65. The number of hydrogen-bond donors (Lipinski definition) is 1. The Bertz CT molecular complexity index is 1040. The van der Waals surface area contributed by atoms with Gasteiger partial charge in [-0.1, -0.05) is 24.3 Å². The van der Waals surface area contributed by atoms with Crippen molar-refractivity contribution in [1.82, 2.24) is 4.90 Å². The van der Waals surface area contributed by atoms with E-state index in [9.17, 15) is 23.1 Å². The van der Waals surface area contributed by atoms with Gasteiger partial charge in [-0.05, 0) is 93.2 Å². The smallest absolute Gasteiger partial charge is 0.376 e. The highest BCUT2D eigenvalue weighted by atomic mass is 19.4. The number of hydrogen-bond acceptors (Lipinski definition) is 3. The molecule has 0 unspecified atom stereocenters. The van der Waals surface area contributed by atoms with Gasteiger partial charge in [0.25, 0.3) is 5.91 Å². The minimum Gasteiger partial charge on any atom is -0.376 e. The second-order valence-corrected chi connectivity index (χ2v) is 9.78. The molecule has 0 aliphatic heterocycles. The molecule has 0 bridgehead atoms. The zero-order valence-corrected chi connectivity index (χ0v) is 19.2. The van der Waals surface area contributed by atoms with Crippen LogP contribution in [0.3, 0.4) is 0 Å². The summed E-state index contributed by atoms with van der Waals surface area (Å²) in [5, 5.41) is 18.8. The van der Waals surface area contributed by atoms with Gasteiger partial charge in [-0.25, -0.2) is 0 Å². The van der Waals surface area contributed by atoms with E-state index in [-0.39, 0.29) is 23.6 Å². The lowest BCUT2D eigenvalue weighted by Gasteiger charge is -2.37. The highest BCUT2D eigenvalue weighted by Crippen LogP contribution is 2.40. The molecule has 0 radical (unpaired) electrons. The number of rotatable bonds is 6. The molecule has 1 atom stereocenters. The van der Waals surface area contributed by atoms with Crippen molar-refractivity contribution < 1.29 is 23.1 Å². The lowest BCUT2D eigenvalue weighted by atomic mass is 9.81. The zero-order valence-electron chi connectivity index (χ0n) is 19.2. The summed E-state index contributed by atoms with van der Waals surface area (Å²) in [6.45, 7) is 0.719. The van der Waals surface area contributed by atoms with E-state index in [4.69, 9.17) is 5.26 Å². The molecule has 0 spiro atoms. The number of benzene rings is 2. The molecule has 7 heteroatoms. The molecule has 34 heavy (non-hydrogen) atoms. The van der Waals surface area contributed by atoms with Gasteiger partial charge in [-0.2, -0.15) is 18.4 Å². The number of carbonyl (C=O) groups is 1. The first-order valence-corrected chi connectivity index (χ1v) is 11.8. The summed E-state index contributed by atoms with van der Waals surface area (Å²) in [6.07, 6.45) is 1.90. The van der Waals surface area contributed by atoms with Crippen molar-refractivity contribution >= 4 is 5.91 Å². The maximum absolute atomic E-state index is 13.3. The van der Waals surface area contributed by atoms with Crippen LogP contribution >= 0.6 is 0 Å². The molecule has 1 N–H and O–H groups in total. The Labute approximate surface area is 198 Å². The first-order valence-electron chi connectivity index (χ1n) is 11.8. The molecule has 0 heterocycles. The number of alkyl halides is 3. The molecule has 2 aromatic carbocycles. The molecule has 4 nitrogen and oxygen atoms in total. The van der Waals surface area contributed by atoms with E-state index in [2.05, 4.69) is 6.07 Å². The van der Waals surface area contributed by atoms with Crippen LogP contribution in [-0.4, -0.2) is 34.2 Å². The summed E-state index contributed by atoms with van der Waals surface area (Å²) < 4.78 is 39.4. The quantitative estimate of drug-likeness (QED) is 0.586. The zero-order chi connectivity index (χ0) is 24.5. The SMILES string of the molecule is C[C@](O)(c1ccc(C(=O)N(C2CC2)[C@H]2CC[C@@H](Cc3ccc(C#N)cc3)CC2)cc1)C(F)(F)F. The van der Waals surface area contributed by atoms with E-state index in [1.807, 2.05) is 29.2 Å². The Hall–Kier alpha value is -2.85. The van der Waals surface area contributed by atoms with Crippen LogP contribution in [0, 0.1) is 17.2 Å². The number of nitriles is 1. The predicted molar refractivity (Wildman–Crippen MR) is 122 cm³/mol. The van der Waals surface area contributed by atoms with Gasteiger partial charge in [0.2, 0.25) is 0 Å². The van der Waals surface area contributed by atoms with Crippen molar-refractivity contribution in [3.63, 3.8) is 0 Å². The highest BCUT2D eigenvalue weighted by molar-refractivity contribution is 5.95. The molecule has 2 fully saturated rings. The molecule has 0 aromatic heterocycles. The third-order valence-electron chi connectivity index (χ3n) is 7.24. The summed E-state index contributed by atoms with van der Waals surface area (Å²) in [5.74, 6) is 0.389. The van der Waals surface area contributed by atoms with Gasteiger partial charge in [-0.3, -0.25) is 4.79 Å². The molecule has 2 aromatic rings. The van der Waals surface area contributed by atoms with E-state index in [1.54, 1.807) is 0 Å². The van der Waals surface area contributed by atoms with Gasteiger partial charge >= 0.3 is 6.18 Å². The number of carbonyl (C=O) groups excluding carboxylic acids is 1. The lowest BCUT2D eigenvalue weighted by molar-refractivity contribution is -0.258. The van der Waals surface area contributed by atoms with E-state index < -0.39 is 11.8 Å². The number of halogens is 3. The molecule has 1 amide bonds. The first kappa shape index (κ1) is 24.3. The average molecular weight is 471 g/mol. The lowest BCUT2D eigenvalue weighted by Crippen LogP contribution is -2.44. The Morgan fingerprint density at radius 2 is 1.50 bits per heavy atom. The van der Waals surface area contributed by atoms with E-state index >= 15 is 0 Å². The Morgan fingerprint density at radius 1 is 0.971 bits per heavy atom. The molecular weight excluding hydrogens is 441 g/mol. The van der Waals surface area contributed by atoms with E-state index in [0.717, 1.165) is 51.9 Å². The number of amides is 1. The Kier molecular flexibility index (Phi) is 6.73. The molecule has 2 saturated carbocycles. The van der Waals surface area contributed by atoms with E-state index in [1.165, 1.54) is 29.8 Å². The van der Waals surface area contributed by atoms with Crippen molar-refractivity contribution in [2.24, 2.45) is 5.92 Å². The van der Waals surface area contributed by atoms with Gasteiger partial charge < -0.3 is 10.0 Å². The van der Waals surface area contributed by atoms with Crippen molar-refractivity contribution in [2.75, 3.05) is 0 Å². The predicted octanol–water partition coefficient (Wildman–Crippen LogP) is 5.73. The fourth-order valence-corrected chi connectivity index (χ4v) is 4.91. The molecule has 2 aliphatic rings. The van der Waals surface area contributed by atoms with Crippen LogP contribution in [0.15, 0.2) is 48.5 Å². The molecule has 4 rings (SSSR count). The van der Waals surface area contributed by atoms with Crippen LogP contribution in [0.1, 0.15) is 72.5 Å². The largest absolute Gasteiger partial charge is 0.421 e. The standard InChI is InChI=1S/C27H29F3N2O2/c1-26(34,27(28,29)30)22-10-8-21(9-11-22)25(33)32(24-14-15-24)23-12-6-19(7-13-23)16-18-2-4-20(17-31)5-3-18/h2-5,8-11,19,23-24,34H,6-7,12-16H2,1H3/t19-,23+,26-/m0/s1. The van der Waals surface area contributed by atoms with Gasteiger partial charge in [-0.15, -0.1) is 0 Å². The minimum absolute atomic E-state index is 0.134. The fourth-order valence-electron chi connectivity index (χ4n) is 4.91. The van der Waals surface area contributed by atoms with Crippen LogP contribution in [0.25, 0.3) is 0 Å². The van der Waals surface area contributed by atoms with Crippen molar-refractivity contribution in [3.8, 4) is 6.07 Å². The highest BCUT2D eigenvalue weighted by Gasteiger charge is 2.51. The second kappa shape index (κ2) is 9.42. The van der Waals surface area contributed by atoms with Gasteiger partial charge in [0.1, 0.15) is 0 Å². The normalized spacial score (nSPS) is 22.5. The summed E-state index contributed by atoms with van der Waals surface area (Å²) in [5.41, 5.74) is -1.02. The summed E-state index contributed by atoms with van der Waals surface area (Å²) in [6, 6.07) is 15.3. The number of aliphatic hydroxyl groups is 1. The van der Waals surface area contributed by atoms with Gasteiger partial charge in [0.15, 0.2) is 5.60 Å². The van der Waals surface area contributed by atoms with Crippen LogP contribution < -0.4 is 0 Å². The van der Waals surface area contributed by atoms with Crippen LogP contribution in [-0.2, 0) is 12.0 Å². The van der Waals surface area contributed by atoms with Crippen LogP contribution in [0.5, 0.6) is 0 Å². The summed E-state index contributed by atoms with van der Waals surface area (Å²) in [4.78, 5) is 15.3. The van der Waals surface area contributed by atoms with Crippen molar-refractivity contribution in [1.29, 1.82) is 5.26 Å². The topological polar surface area (TPSA) is 64.3 Å². The van der Waals surface area contributed by atoms with Gasteiger partial charge in [0.05, 0.1) is 11.6 Å². The van der Waals surface area contributed by atoms with Crippen molar-refractivity contribution in [2.45, 2.75) is 75.7 Å². The van der Waals surface area contributed by atoms with Crippen LogP contribution in [0.4, 0.5) is 13.2 Å². The summed E-state index contributed by atoms with van der Waals surface area (Å²) >= 11 is 0. The molecular formula is C27H29F3N2O2. The van der Waals surface area contributed by atoms with Gasteiger partial charge in [0, 0.05) is 17.6 Å². The monoisotopic (exact) mass is 470 g/mol. The van der Waals surface area contributed by atoms with Crippen LogP contribution in [0.2, 0.25) is 0 Å². The van der Waals surface area contributed by atoms with E-state index in [0.29, 0.717) is 17.0 Å². The maximum Gasteiger partial charge on any atom is 0.421 e. The fraction of sp³-hybridized carbons (Fsp3) is 0.481. The number of nitrogens with zero attached hydrogens (tertiary/aromatic N) is 2.